The zero-order chi connectivity index (χ0) is 31.5. The second-order valence-corrected chi connectivity index (χ2v) is 11.8. The molecule has 0 heterocycles. The van der Waals surface area contributed by atoms with Gasteiger partial charge in [-0.05, 0) is 38.7 Å². The van der Waals surface area contributed by atoms with E-state index in [0.29, 0.717) is 11.1 Å². The highest BCUT2D eigenvalue weighted by atomic mass is 16.5. The fourth-order valence-corrected chi connectivity index (χ4v) is 5.02. The standard InChI is InChI=1S/C33H58O8/c1-8-9-10-11-12-13-14-15-16-24(4)29(35)25(5)17-22(2)18-26(6)30(36)27(7)19-23(3)21-41-28(20-34)31(37)32(38)33(39)40/h17-19,24-25,27-29,31-32,34-35,37-38H,8-16,20-21H2,1-7H3,(H,39,40)/b22-17+,23-19+,26-18+/t24-,25-,27+,28+,29+,31+,32-/m0/s1. The van der Waals surface area contributed by atoms with Crippen LogP contribution in [0.1, 0.15) is 106 Å². The normalized spacial score (nSPS) is 18.4. The van der Waals surface area contributed by atoms with Crippen LogP contribution in [-0.2, 0) is 14.3 Å². The van der Waals surface area contributed by atoms with Crippen LogP contribution in [0.2, 0.25) is 0 Å². The molecule has 7 atom stereocenters. The van der Waals surface area contributed by atoms with Crippen molar-refractivity contribution in [1.29, 1.82) is 0 Å². The van der Waals surface area contributed by atoms with Crippen molar-refractivity contribution in [3.63, 3.8) is 0 Å². The molecule has 0 radical (unpaired) electrons. The zero-order valence-corrected chi connectivity index (χ0v) is 26.5. The summed E-state index contributed by atoms with van der Waals surface area (Å²) in [5.74, 6) is -1.98. The van der Waals surface area contributed by atoms with Crippen LogP contribution in [0, 0.1) is 17.8 Å². The molecule has 41 heavy (non-hydrogen) atoms. The summed E-state index contributed by atoms with van der Waals surface area (Å²) in [4.78, 5) is 23.8. The second-order valence-electron chi connectivity index (χ2n) is 11.8. The van der Waals surface area contributed by atoms with E-state index >= 15 is 0 Å². The SMILES string of the molecule is CCCCCCCCCC[C@H](C)[C@@H](O)[C@@H](C)/C=C(C)/C=C(\C)C(=O)[C@H](C)/C=C(\C)CO[C@H](CO)[C@@H](O)[C@H](O)C(=O)O. The Morgan fingerprint density at radius 1 is 0.829 bits per heavy atom. The molecule has 0 aliphatic heterocycles. The molecule has 0 spiro atoms. The maximum atomic E-state index is 12.9. The lowest BCUT2D eigenvalue weighted by molar-refractivity contribution is -0.162. The summed E-state index contributed by atoms with van der Waals surface area (Å²) < 4.78 is 5.38. The maximum absolute atomic E-state index is 12.9. The smallest absolute Gasteiger partial charge is 0.335 e. The lowest BCUT2D eigenvalue weighted by Crippen LogP contribution is -2.45. The zero-order valence-electron chi connectivity index (χ0n) is 26.5. The van der Waals surface area contributed by atoms with Gasteiger partial charge in [-0.3, -0.25) is 4.79 Å². The molecule has 5 N–H and O–H groups in total. The Labute approximate surface area is 248 Å². The van der Waals surface area contributed by atoms with E-state index in [9.17, 15) is 30.0 Å². The molecule has 0 amide bonds. The van der Waals surface area contributed by atoms with Crippen molar-refractivity contribution in [3.8, 4) is 0 Å². The van der Waals surface area contributed by atoms with Crippen molar-refractivity contribution in [2.75, 3.05) is 13.2 Å². The van der Waals surface area contributed by atoms with E-state index < -0.39 is 42.9 Å². The van der Waals surface area contributed by atoms with Crippen LogP contribution in [0.3, 0.4) is 0 Å². The lowest BCUT2D eigenvalue weighted by atomic mass is 9.88. The number of hydrogen-bond donors (Lipinski definition) is 5. The first-order valence-corrected chi connectivity index (χ1v) is 15.3. The number of ether oxygens (including phenoxy) is 1. The fraction of sp³-hybridized carbons (Fsp3) is 0.758. The molecule has 0 bridgehead atoms. The molecule has 0 saturated heterocycles. The number of aliphatic hydroxyl groups excluding tert-OH is 4. The number of rotatable bonds is 23. The largest absolute Gasteiger partial charge is 0.479 e. The Bertz CT molecular complexity index is 846. The molecule has 0 aliphatic rings. The monoisotopic (exact) mass is 582 g/mol. The molecule has 0 aromatic rings. The molecule has 0 rings (SSSR count). The van der Waals surface area contributed by atoms with Crippen LogP contribution in [0.5, 0.6) is 0 Å². The number of carboxylic acid groups (broad SMARTS) is 1. The van der Waals surface area contributed by atoms with Gasteiger partial charge in [0, 0.05) is 11.8 Å². The third-order valence-electron chi connectivity index (χ3n) is 7.60. The first-order valence-electron chi connectivity index (χ1n) is 15.3. The molecule has 0 aliphatic carbocycles. The van der Waals surface area contributed by atoms with Crippen molar-refractivity contribution < 1.29 is 39.9 Å². The summed E-state index contributed by atoms with van der Waals surface area (Å²) in [6, 6.07) is 0. The second kappa shape index (κ2) is 21.8. The first kappa shape index (κ1) is 39.2. The van der Waals surface area contributed by atoms with Crippen LogP contribution in [0.25, 0.3) is 0 Å². The minimum Gasteiger partial charge on any atom is -0.479 e. The molecule has 0 unspecified atom stereocenters. The predicted molar refractivity (Wildman–Crippen MR) is 163 cm³/mol. The summed E-state index contributed by atoms with van der Waals surface area (Å²) >= 11 is 0. The average Bonchev–Trinajstić information content (AvgIpc) is 2.92. The minimum atomic E-state index is -2.08. The van der Waals surface area contributed by atoms with E-state index in [0.717, 1.165) is 18.4 Å². The van der Waals surface area contributed by atoms with Gasteiger partial charge in [0.25, 0.3) is 0 Å². The van der Waals surface area contributed by atoms with Gasteiger partial charge in [-0.1, -0.05) is 108 Å². The first-order chi connectivity index (χ1) is 19.3. The van der Waals surface area contributed by atoms with Crippen LogP contribution in [0.4, 0.5) is 0 Å². The van der Waals surface area contributed by atoms with Gasteiger partial charge in [0.2, 0.25) is 0 Å². The molecular weight excluding hydrogens is 524 g/mol. The van der Waals surface area contributed by atoms with Gasteiger partial charge in [-0.15, -0.1) is 0 Å². The third kappa shape index (κ3) is 16.4. The van der Waals surface area contributed by atoms with E-state index in [1.165, 1.54) is 44.9 Å². The van der Waals surface area contributed by atoms with Gasteiger partial charge >= 0.3 is 5.97 Å². The lowest BCUT2D eigenvalue weighted by Gasteiger charge is -2.23. The number of carboxylic acids is 1. The Kier molecular flexibility index (Phi) is 20.8. The summed E-state index contributed by atoms with van der Waals surface area (Å²) in [7, 11) is 0. The number of Topliss-reactive ketones (excluding diaryl/α,β-unsaturated/α-hetero) is 1. The molecule has 0 saturated carbocycles. The highest BCUT2D eigenvalue weighted by molar-refractivity contribution is 5.97. The van der Waals surface area contributed by atoms with Crippen molar-refractivity contribution in [2.24, 2.45) is 17.8 Å². The number of carbonyl (C=O) groups is 2. The van der Waals surface area contributed by atoms with Crippen molar-refractivity contribution in [1.82, 2.24) is 0 Å². The van der Waals surface area contributed by atoms with Gasteiger partial charge in [-0.2, -0.15) is 0 Å². The van der Waals surface area contributed by atoms with Crippen molar-refractivity contribution in [3.05, 3.63) is 34.9 Å². The van der Waals surface area contributed by atoms with Crippen molar-refractivity contribution >= 4 is 11.8 Å². The Hall–Kier alpha value is -1.84. The van der Waals surface area contributed by atoms with Crippen LogP contribution in [0.15, 0.2) is 34.9 Å². The number of carbonyl (C=O) groups excluding carboxylic acids is 1. The van der Waals surface area contributed by atoms with E-state index in [1.54, 1.807) is 26.8 Å². The van der Waals surface area contributed by atoms with Gasteiger partial charge in [0.1, 0.15) is 12.2 Å². The average molecular weight is 583 g/mol. The van der Waals surface area contributed by atoms with Gasteiger partial charge < -0.3 is 30.3 Å². The Morgan fingerprint density at radius 2 is 1.39 bits per heavy atom. The topological polar surface area (TPSA) is 145 Å². The molecule has 238 valence electrons. The van der Waals surface area contributed by atoms with E-state index in [4.69, 9.17) is 9.84 Å². The van der Waals surface area contributed by atoms with Gasteiger partial charge in [-0.25, -0.2) is 4.79 Å². The fourth-order valence-electron chi connectivity index (χ4n) is 5.02. The quantitative estimate of drug-likeness (QED) is 0.0468. The minimum absolute atomic E-state index is 0.0376. The number of unbranched alkanes of at least 4 members (excludes halogenated alkanes) is 7. The van der Waals surface area contributed by atoms with Crippen LogP contribution in [-0.4, -0.2) is 74.9 Å². The number of ketones is 1. The number of aliphatic hydroxyl groups is 4. The molecule has 0 fully saturated rings. The summed E-state index contributed by atoms with van der Waals surface area (Å²) in [5, 5.41) is 48.4. The Morgan fingerprint density at radius 3 is 1.93 bits per heavy atom. The maximum Gasteiger partial charge on any atom is 0.335 e. The van der Waals surface area contributed by atoms with Crippen molar-refractivity contribution in [2.45, 2.75) is 131 Å². The summed E-state index contributed by atoms with van der Waals surface area (Å²) in [6.45, 7) is 12.8. The van der Waals surface area contributed by atoms with E-state index in [-0.39, 0.29) is 24.2 Å². The molecule has 0 aromatic heterocycles. The number of aliphatic carboxylic acids is 1. The third-order valence-corrected chi connectivity index (χ3v) is 7.60. The predicted octanol–water partition coefficient (Wildman–Crippen LogP) is 5.38. The molecule has 0 aromatic carbocycles. The number of allylic oxidation sites excluding steroid dienone is 4. The highest BCUT2D eigenvalue weighted by Gasteiger charge is 2.31. The summed E-state index contributed by atoms with van der Waals surface area (Å²) in [5.41, 5.74) is 2.15. The molecule has 8 heteroatoms. The van der Waals surface area contributed by atoms with Gasteiger partial charge in [0.15, 0.2) is 11.9 Å². The van der Waals surface area contributed by atoms with E-state index in [1.807, 2.05) is 26.0 Å². The van der Waals surface area contributed by atoms with E-state index in [2.05, 4.69) is 13.8 Å². The molecular formula is C33H58O8. The van der Waals surface area contributed by atoms with Crippen LogP contribution < -0.4 is 0 Å². The molecule has 8 nitrogen and oxygen atoms in total. The van der Waals surface area contributed by atoms with Crippen LogP contribution >= 0.6 is 0 Å². The highest BCUT2D eigenvalue weighted by Crippen LogP contribution is 2.23. The van der Waals surface area contributed by atoms with Gasteiger partial charge in [0.05, 0.1) is 19.3 Å². The Balaban J connectivity index is 4.87. The summed E-state index contributed by atoms with van der Waals surface area (Å²) in [6.07, 6.45) is 11.1. The number of hydrogen-bond acceptors (Lipinski definition) is 7.